The molecule has 0 N–H and O–H groups in total. The third-order valence-corrected chi connectivity index (χ3v) is 10.3. The maximum atomic E-state index is 6.11. The maximum Gasteiger partial charge on any atom is 0.0647 e. The van der Waals surface area contributed by atoms with E-state index in [1.807, 2.05) is 0 Å². The van der Waals surface area contributed by atoms with E-state index in [0.717, 1.165) is 0 Å². The van der Waals surface area contributed by atoms with Crippen molar-refractivity contribution in [3.05, 3.63) is 0 Å². The van der Waals surface area contributed by atoms with Crippen LogP contribution in [0.25, 0.3) is 0 Å². The van der Waals surface area contributed by atoms with Crippen LogP contribution in [0.3, 0.4) is 0 Å². The molecule has 12 heavy (non-hydrogen) atoms. The molecule has 0 aromatic rings. The van der Waals surface area contributed by atoms with Crippen molar-refractivity contribution in [2.24, 2.45) is 0 Å². The molecule has 6 heteroatoms. The highest BCUT2D eigenvalue weighted by Gasteiger charge is 2.45. The van der Waals surface area contributed by atoms with Gasteiger partial charge in [-0.3, -0.25) is 0 Å². The molecular formula is C6H6Br4Cl2. The largest absolute Gasteiger partial charge is 0.120 e. The lowest BCUT2D eigenvalue weighted by atomic mass is 9.99. The van der Waals surface area contributed by atoms with E-state index in [1.54, 1.807) is 0 Å². The van der Waals surface area contributed by atoms with Gasteiger partial charge >= 0.3 is 0 Å². The number of alkyl halides is 6. The molecule has 1 aliphatic rings. The summed E-state index contributed by atoms with van der Waals surface area (Å²) in [6, 6.07) is 0. The van der Waals surface area contributed by atoms with Crippen LogP contribution in [0.1, 0.15) is 0 Å². The maximum absolute atomic E-state index is 6.11. The fraction of sp³-hybridized carbons (Fsp3) is 1.00. The highest BCUT2D eigenvalue weighted by atomic mass is 79.9. The second-order valence-corrected chi connectivity index (χ2v) is 7.90. The minimum atomic E-state index is -0.0609. The van der Waals surface area contributed by atoms with Gasteiger partial charge in [-0.25, -0.2) is 0 Å². The van der Waals surface area contributed by atoms with Gasteiger partial charge in [-0.2, -0.15) is 0 Å². The van der Waals surface area contributed by atoms with Gasteiger partial charge in [0, 0.05) is 19.3 Å². The van der Waals surface area contributed by atoms with Crippen molar-refractivity contribution in [1.29, 1.82) is 0 Å². The Morgan fingerprint density at radius 3 is 1.08 bits per heavy atom. The third kappa shape index (κ3) is 2.35. The van der Waals surface area contributed by atoms with E-state index in [4.69, 9.17) is 23.2 Å². The van der Waals surface area contributed by atoms with Crippen LogP contribution in [-0.2, 0) is 0 Å². The first kappa shape index (κ1) is 12.6. The molecule has 0 aliphatic heterocycles. The summed E-state index contributed by atoms with van der Waals surface area (Å²) in [6.45, 7) is 0. The molecule has 1 saturated carbocycles. The summed E-state index contributed by atoms with van der Waals surface area (Å²) in [4.78, 5) is 0.971. The summed E-state index contributed by atoms with van der Waals surface area (Å²) in [5, 5.41) is -0.122. The lowest BCUT2D eigenvalue weighted by molar-refractivity contribution is 0.588. The molecule has 6 atom stereocenters. The smallest absolute Gasteiger partial charge is 0.0647 e. The van der Waals surface area contributed by atoms with Gasteiger partial charge in [0.15, 0.2) is 0 Å². The van der Waals surface area contributed by atoms with E-state index >= 15 is 0 Å². The van der Waals surface area contributed by atoms with Crippen LogP contribution in [-0.4, -0.2) is 30.1 Å². The number of rotatable bonds is 0. The Bertz CT molecular complexity index is 109. The fourth-order valence-electron chi connectivity index (χ4n) is 1.05. The molecule has 0 aromatic carbocycles. The van der Waals surface area contributed by atoms with E-state index in [1.165, 1.54) is 0 Å². The lowest BCUT2D eigenvalue weighted by Crippen LogP contribution is -2.51. The summed E-state index contributed by atoms with van der Waals surface area (Å²) in [5.41, 5.74) is 0. The van der Waals surface area contributed by atoms with Crippen molar-refractivity contribution in [1.82, 2.24) is 0 Å². The van der Waals surface area contributed by atoms with Gasteiger partial charge in [-0.05, 0) is 0 Å². The van der Waals surface area contributed by atoms with E-state index in [2.05, 4.69) is 63.7 Å². The monoisotopic (exact) mass is 464 g/mol. The third-order valence-electron chi connectivity index (χ3n) is 1.83. The first-order chi connectivity index (χ1) is 5.46. The molecule has 72 valence electrons. The van der Waals surface area contributed by atoms with Crippen molar-refractivity contribution in [2.75, 3.05) is 0 Å². The van der Waals surface area contributed by atoms with Crippen molar-refractivity contribution in [3.63, 3.8) is 0 Å². The second kappa shape index (κ2) is 5.02. The molecule has 0 aromatic heterocycles. The van der Waals surface area contributed by atoms with Gasteiger partial charge in [0.05, 0.1) is 10.8 Å². The molecule has 0 nitrogen and oxygen atoms in total. The van der Waals surface area contributed by atoms with Crippen LogP contribution < -0.4 is 0 Å². The first-order valence-corrected chi connectivity index (χ1v) is 7.84. The highest BCUT2D eigenvalue weighted by molar-refractivity contribution is 9.14. The first-order valence-electron chi connectivity index (χ1n) is 3.31. The molecule has 0 radical (unpaired) electrons. The Morgan fingerprint density at radius 2 is 0.833 bits per heavy atom. The van der Waals surface area contributed by atoms with E-state index in [0.29, 0.717) is 9.65 Å². The summed E-state index contributed by atoms with van der Waals surface area (Å²) in [6.07, 6.45) is 0. The zero-order chi connectivity index (χ0) is 9.46. The van der Waals surface area contributed by atoms with E-state index in [-0.39, 0.29) is 20.4 Å². The zero-order valence-electron chi connectivity index (χ0n) is 5.73. The van der Waals surface area contributed by atoms with Crippen molar-refractivity contribution in [2.45, 2.75) is 30.1 Å². The Hall–Kier alpha value is 2.50. The quantitative estimate of drug-likeness (QED) is 0.466. The van der Waals surface area contributed by atoms with E-state index in [9.17, 15) is 0 Å². The Labute approximate surface area is 116 Å². The molecular weight excluding hydrogens is 463 g/mol. The minimum Gasteiger partial charge on any atom is -0.120 e. The molecule has 0 saturated heterocycles. The van der Waals surface area contributed by atoms with Gasteiger partial charge in [-0.1, -0.05) is 63.7 Å². The van der Waals surface area contributed by atoms with Gasteiger partial charge in [-0.15, -0.1) is 23.2 Å². The number of hydrogen-bond acceptors (Lipinski definition) is 0. The van der Waals surface area contributed by atoms with Crippen LogP contribution >= 0.6 is 86.9 Å². The van der Waals surface area contributed by atoms with Crippen LogP contribution in [0.5, 0.6) is 0 Å². The number of halogens is 6. The van der Waals surface area contributed by atoms with Crippen molar-refractivity contribution >= 4 is 86.9 Å². The summed E-state index contributed by atoms with van der Waals surface area (Å²) < 4.78 is 0. The van der Waals surface area contributed by atoms with Crippen LogP contribution in [0, 0.1) is 0 Å². The molecule has 0 spiro atoms. The van der Waals surface area contributed by atoms with Crippen LogP contribution in [0.4, 0.5) is 0 Å². The predicted molar refractivity (Wildman–Crippen MR) is 70.1 cm³/mol. The highest BCUT2D eigenvalue weighted by Crippen LogP contribution is 2.42. The molecule has 1 aliphatic carbocycles. The molecule has 0 amide bonds. The van der Waals surface area contributed by atoms with Crippen molar-refractivity contribution in [3.8, 4) is 0 Å². The molecule has 1 fully saturated rings. The Morgan fingerprint density at radius 1 is 0.583 bits per heavy atom. The molecule has 6 unspecified atom stereocenters. The van der Waals surface area contributed by atoms with E-state index < -0.39 is 0 Å². The number of hydrogen-bond donors (Lipinski definition) is 0. The normalized spacial score (nSPS) is 55.5. The zero-order valence-corrected chi connectivity index (χ0v) is 13.6. The second-order valence-electron chi connectivity index (χ2n) is 2.67. The van der Waals surface area contributed by atoms with Gasteiger partial charge in [0.25, 0.3) is 0 Å². The molecule has 0 heterocycles. The summed E-state index contributed by atoms with van der Waals surface area (Å²) in [5.74, 6) is 0. The van der Waals surface area contributed by atoms with Crippen LogP contribution in [0.2, 0.25) is 0 Å². The molecule has 1 rings (SSSR count). The SMILES string of the molecule is ClC1C(Cl)C(Br)C(Br)C(Br)C1Br. The fourth-order valence-corrected chi connectivity index (χ4v) is 5.83. The standard InChI is InChI=1S/C6H6Br4Cl2/c7-1-2(8)4(10)6(12)5(11)3(1)9/h1-6H. The Balaban J connectivity index is 2.76. The minimum absolute atomic E-state index is 0.0609. The van der Waals surface area contributed by atoms with Crippen LogP contribution in [0.15, 0.2) is 0 Å². The average Bonchev–Trinajstić information content (AvgIpc) is 2.08. The Kier molecular flexibility index (Phi) is 5.26. The molecule has 0 bridgehead atoms. The van der Waals surface area contributed by atoms with Gasteiger partial charge in [0.1, 0.15) is 0 Å². The topological polar surface area (TPSA) is 0 Å². The summed E-state index contributed by atoms with van der Waals surface area (Å²) in [7, 11) is 0. The van der Waals surface area contributed by atoms with Gasteiger partial charge < -0.3 is 0 Å². The lowest BCUT2D eigenvalue weighted by Gasteiger charge is -2.38. The average molecular weight is 469 g/mol. The predicted octanol–water partition coefficient (Wildman–Crippen LogP) is 4.27. The van der Waals surface area contributed by atoms with Gasteiger partial charge in [0.2, 0.25) is 0 Å². The summed E-state index contributed by atoms with van der Waals surface area (Å²) >= 11 is 26.4. The van der Waals surface area contributed by atoms with Crippen molar-refractivity contribution < 1.29 is 0 Å².